The predicted octanol–water partition coefficient (Wildman–Crippen LogP) is 3.04. The van der Waals surface area contributed by atoms with Crippen molar-refractivity contribution in [2.45, 2.75) is 38.6 Å². The second-order valence-electron chi connectivity index (χ2n) is 5.02. The highest BCUT2D eigenvalue weighted by molar-refractivity contribution is 5.57. The molecule has 102 valence electrons. The lowest BCUT2D eigenvalue weighted by Gasteiger charge is -2.39. The summed E-state index contributed by atoms with van der Waals surface area (Å²) in [6, 6.07) is 1.95. The molecule has 0 N–H and O–H groups in total. The fraction of sp³-hybridized carbons (Fsp3) is 0.533. The van der Waals surface area contributed by atoms with E-state index in [0.717, 1.165) is 47.5 Å². The molecule has 0 radical (unpaired) electrons. The van der Waals surface area contributed by atoms with Crippen molar-refractivity contribution in [1.29, 1.82) is 0 Å². The molecule has 2 rings (SSSR count). The first-order chi connectivity index (χ1) is 9.09. The highest BCUT2D eigenvalue weighted by Crippen LogP contribution is 2.51. The number of nitrogens with zero attached hydrogens (tertiary/aromatic N) is 1. The zero-order chi connectivity index (χ0) is 14.0. The summed E-state index contributed by atoms with van der Waals surface area (Å²) in [5.41, 5.74) is 2.48. The standard InChI is InChI=1S/C15H19NO3/c1-10-8-12(18-3)11(2)13(14(10)19-4)15(16-9-17)6-5-7-15/h8H,5-7H2,1-4H3. The fourth-order valence-corrected chi connectivity index (χ4v) is 2.91. The van der Waals surface area contributed by atoms with Crippen LogP contribution in [0.3, 0.4) is 0 Å². The second-order valence-corrected chi connectivity index (χ2v) is 5.02. The molecule has 0 unspecified atom stereocenters. The molecule has 0 aromatic heterocycles. The van der Waals surface area contributed by atoms with Gasteiger partial charge < -0.3 is 9.47 Å². The van der Waals surface area contributed by atoms with Crippen molar-refractivity contribution in [3.05, 3.63) is 22.8 Å². The van der Waals surface area contributed by atoms with Crippen molar-refractivity contribution < 1.29 is 14.3 Å². The van der Waals surface area contributed by atoms with Crippen LogP contribution in [0, 0.1) is 13.8 Å². The van der Waals surface area contributed by atoms with Gasteiger partial charge in [-0.15, -0.1) is 0 Å². The molecule has 0 bridgehead atoms. The average molecular weight is 261 g/mol. The third kappa shape index (κ3) is 2.02. The molecule has 0 amide bonds. The van der Waals surface area contributed by atoms with Crippen molar-refractivity contribution in [1.82, 2.24) is 0 Å². The van der Waals surface area contributed by atoms with E-state index in [2.05, 4.69) is 4.99 Å². The lowest BCUT2D eigenvalue weighted by atomic mass is 9.70. The van der Waals surface area contributed by atoms with Gasteiger partial charge in [0, 0.05) is 11.1 Å². The van der Waals surface area contributed by atoms with Gasteiger partial charge >= 0.3 is 0 Å². The maximum absolute atomic E-state index is 10.8. The second kappa shape index (κ2) is 5.06. The Hall–Kier alpha value is -1.80. The number of ether oxygens (including phenoxy) is 2. The van der Waals surface area contributed by atoms with Crippen LogP contribution >= 0.6 is 0 Å². The van der Waals surface area contributed by atoms with Crippen molar-refractivity contribution in [3.8, 4) is 11.5 Å². The minimum Gasteiger partial charge on any atom is -0.496 e. The van der Waals surface area contributed by atoms with Gasteiger partial charge in [0.1, 0.15) is 17.0 Å². The summed E-state index contributed by atoms with van der Waals surface area (Å²) in [6.07, 6.45) is 4.49. The molecule has 1 aliphatic rings. The molecule has 4 heteroatoms. The van der Waals surface area contributed by atoms with E-state index in [1.54, 1.807) is 20.3 Å². The van der Waals surface area contributed by atoms with Crippen LogP contribution in [0.5, 0.6) is 11.5 Å². The number of aryl methyl sites for hydroxylation is 1. The minimum absolute atomic E-state index is 0.476. The van der Waals surface area contributed by atoms with E-state index in [9.17, 15) is 4.79 Å². The summed E-state index contributed by atoms with van der Waals surface area (Å²) in [5, 5.41) is 0. The zero-order valence-corrected chi connectivity index (χ0v) is 11.9. The Morgan fingerprint density at radius 3 is 2.37 bits per heavy atom. The number of benzene rings is 1. The van der Waals surface area contributed by atoms with Crippen LogP contribution in [-0.4, -0.2) is 20.3 Å². The summed E-state index contributed by atoms with van der Waals surface area (Å²) in [5.74, 6) is 1.61. The number of isocyanates is 1. The molecule has 1 aliphatic carbocycles. The topological polar surface area (TPSA) is 47.9 Å². The maximum atomic E-state index is 10.8. The highest BCUT2D eigenvalue weighted by atomic mass is 16.5. The third-order valence-corrected chi connectivity index (χ3v) is 4.01. The van der Waals surface area contributed by atoms with Gasteiger partial charge in [0.25, 0.3) is 0 Å². The highest BCUT2D eigenvalue weighted by Gasteiger charge is 2.43. The number of methoxy groups -OCH3 is 2. The molecule has 1 aromatic carbocycles. The molecule has 0 heterocycles. The Morgan fingerprint density at radius 2 is 1.95 bits per heavy atom. The molecule has 0 spiro atoms. The van der Waals surface area contributed by atoms with E-state index in [1.165, 1.54) is 0 Å². The van der Waals surface area contributed by atoms with Crippen molar-refractivity contribution >= 4 is 6.08 Å². The fourth-order valence-electron chi connectivity index (χ4n) is 2.91. The molecular formula is C15H19NO3. The van der Waals surface area contributed by atoms with E-state index in [1.807, 2.05) is 19.9 Å². The largest absolute Gasteiger partial charge is 0.496 e. The van der Waals surface area contributed by atoms with Gasteiger partial charge in [-0.05, 0) is 44.7 Å². The minimum atomic E-state index is -0.476. The van der Waals surface area contributed by atoms with Gasteiger partial charge in [0.15, 0.2) is 0 Å². The molecule has 1 fully saturated rings. The van der Waals surface area contributed by atoms with Gasteiger partial charge in [0.2, 0.25) is 6.08 Å². The Bertz CT molecular complexity index is 541. The van der Waals surface area contributed by atoms with Crippen LogP contribution in [-0.2, 0) is 10.3 Å². The molecule has 0 saturated heterocycles. The Labute approximate surface area is 113 Å². The molecule has 0 aliphatic heterocycles. The lowest BCUT2D eigenvalue weighted by Crippen LogP contribution is -2.33. The monoisotopic (exact) mass is 261 g/mol. The van der Waals surface area contributed by atoms with Gasteiger partial charge in [-0.1, -0.05) is 0 Å². The van der Waals surface area contributed by atoms with Crippen LogP contribution in [0.4, 0.5) is 0 Å². The van der Waals surface area contributed by atoms with Crippen LogP contribution in [0.25, 0.3) is 0 Å². The molecule has 0 atom stereocenters. The van der Waals surface area contributed by atoms with E-state index < -0.39 is 5.54 Å². The van der Waals surface area contributed by atoms with E-state index in [4.69, 9.17) is 9.47 Å². The van der Waals surface area contributed by atoms with Crippen LogP contribution in [0.2, 0.25) is 0 Å². The lowest BCUT2D eigenvalue weighted by molar-refractivity contribution is 0.243. The van der Waals surface area contributed by atoms with Gasteiger partial charge in [-0.25, -0.2) is 4.79 Å². The third-order valence-electron chi connectivity index (χ3n) is 4.01. The van der Waals surface area contributed by atoms with Crippen LogP contribution in [0.15, 0.2) is 11.1 Å². The van der Waals surface area contributed by atoms with Crippen molar-refractivity contribution in [3.63, 3.8) is 0 Å². The number of carbonyl (C=O) groups excluding carboxylic acids is 1. The van der Waals surface area contributed by atoms with Gasteiger partial charge in [-0.2, -0.15) is 4.99 Å². The molecule has 1 saturated carbocycles. The van der Waals surface area contributed by atoms with Crippen LogP contribution < -0.4 is 9.47 Å². The molecular weight excluding hydrogens is 242 g/mol. The number of rotatable bonds is 4. The quantitative estimate of drug-likeness (QED) is 0.618. The Kier molecular flexibility index (Phi) is 3.63. The van der Waals surface area contributed by atoms with Crippen LogP contribution in [0.1, 0.15) is 36.0 Å². The Morgan fingerprint density at radius 1 is 1.26 bits per heavy atom. The summed E-state index contributed by atoms with van der Waals surface area (Å²) >= 11 is 0. The molecule has 4 nitrogen and oxygen atoms in total. The summed E-state index contributed by atoms with van der Waals surface area (Å²) in [6.45, 7) is 3.96. The number of hydrogen-bond acceptors (Lipinski definition) is 4. The van der Waals surface area contributed by atoms with E-state index in [0.29, 0.717) is 0 Å². The first-order valence-corrected chi connectivity index (χ1v) is 6.41. The number of aliphatic imine (C=N–C) groups is 1. The summed E-state index contributed by atoms with van der Waals surface area (Å²) in [4.78, 5) is 14.8. The molecule has 19 heavy (non-hydrogen) atoms. The van der Waals surface area contributed by atoms with E-state index in [-0.39, 0.29) is 0 Å². The van der Waals surface area contributed by atoms with Crippen molar-refractivity contribution in [2.75, 3.05) is 14.2 Å². The predicted molar refractivity (Wildman–Crippen MR) is 72.7 cm³/mol. The summed E-state index contributed by atoms with van der Waals surface area (Å²) in [7, 11) is 3.29. The van der Waals surface area contributed by atoms with Gasteiger partial charge in [-0.3, -0.25) is 0 Å². The first kappa shape index (κ1) is 13.6. The zero-order valence-electron chi connectivity index (χ0n) is 11.9. The first-order valence-electron chi connectivity index (χ1n) is 6.41. The molecule has 1 aromatic rings. The maximum Gasteiger partial charge on any atom is 0.235 e. The SMILES string of the molecule is COc1cc(C)c(OC)c(C2(N=C=O)CCC2)c1C. The van der Waals surface area contributed by atoms with E-state index >= 15 is 0 Å². The Balaban J connectivity index is 2.72. The summed E-state index contributed by atoms with van der Waals surface area (Å²) < 4.78 is 11.0. The smallest absolute Gasteiger partial charge is 0.235 e. The van der Waals surface area contributed by atoms with Gasteiger partial charge in [0.05, 0.1) is 14.2 Å². The van der Waals surface area contributed by atoms with Crippen molar-refractivity contribution in [2.24, 2.45) is 4.99 Å². The average Bonchev–Trinajstić information content (AvgIpc) is 2.36. The normalized spacial score (nSPS) is 16.2. The number of hydrogen-bond donors (Lipinski definition) is 0.